The molecule has 0 amide bonds. The van der Waals surface area contributed by atoms with Gasteiger partial charge in [-0.25, -0.2) is 9.78 Å². The predicted molar refractivity (Wildman–Crippen MR) is 76.9 cm³/mol. The zero-order chi connectivity index (χ0) is 13.4. The van der Waals surface area contributed by atoms with E-state index in [4.69, 9.17) is 5.11 Å². The number of thioether (sulfide) groups is 1. The third-order valence-corrected chi connectivity index (χ3v) is 4.98. The minimum atomic E-state index is -0.902. The molecule has 19 heavy (non-hydrogen) atoms. The third kappa shape index (κ3) is 2.34. The van der Waals surface area contributed by atoms with Crippen molar-refractivity contribution in [2.75, 3.05) is 5.75 Å². The fraction of sp³-hybridized carbons (Fsp3) is 0.429. The molecule has 1 atom stereocenters. The monoisotopic (exact) mass is 276 g/mol. The fourth-order valence-electron chi connectivity index (χ4n) is 2.61. The number of aryl methyl sites for hydroxylation is 1. The van der Waals surface area contributed by atoms with Crippen molar-refractivity contribution in [2.45, 2.75) is 31.6 Å². The highest BCUT2D eigenvalue weighted by atomic mass is 32.2. The first kappa shape index (κ1) is 12.5. The van der Waals surface area contributed by atoms with E-state index in [1.807, 2.05) is 24.8 Å². The quantitative estimate of drug-likeness (QED) is 0.936. The van der Waals surface area contributed by atoms with Crippen molar-refractivity contribution >= 4 is 28.8 Å². The standard InChI is InChI=1S/C14H16N2O2S/c1-9-15-12-7-10(14(17)18)4-5-13(12)16(9)8-11-3-2-6-19-11/h4-5,7,11H,2-3,6,8H2,1H3,(H,17,18). The highest BCUT2D eigenvalue weighted by Gasteiger charge is 2.19. The molecule has 0 radical (unpaired) electrons. The van der Waals surface area contributed by atoms with Crippen molar-refractivity contribution in [1.29, 1.82) is 0 Å². The number of carbonyl (C=O) groups is 1. The number of benzene rings is 1. The van der Waals surface area contributed by atoms with Crippen LogP contribution >= 0.6 is 11.8 Å². The number of fused-ring (bicyclic) bond motifs is 1. The lowest BCUT2D eigenvalue weighted by molar-refractivity contribution is 0.0697. The minimum Gasteiger partial charge on any atom is -0.478 e. The molecule has 5 heteroatoms. The molecule has 1 N–H and O–H groups in total. The molecule has 1 unspecified atom stereocenters. The van der Waals surface area contributed by atoms with E-state index in [1.54, 1.807) is 12.1 Å². The van der Waals surface area contributed by atoms with E-state index in [2.05, 4.69) is 9.55 Å². The number of carboxylic acid groups (broad SMARTS) is 1. The first-order valence-electron chi connectivity index (χ1n) is 6.47. The number of aromatic nitrogens is 2. The van der Waals surface area contributed by atoms with Crippen molar-refractivity contribution in [3.63, 3.8) is 0 Å². The summed E-state index contributed by atoms with van der Waals surface area (Å²) in [5.41, 5.74) is 2.11. The van der Waals surface area contributed by atoms with Gasteiger partial charge in [-0.15, -0.1) is 0 Å². The zero-order valence-corrected chi connectivity index (χ0v) is 11.6. The molecule has 0 saturated carbocycles. The average molecular weight is 276 g/mol. The smallest absolute Gasteiger partial charge is 0.335 e. The molecule has 2 heterocycles. The van der Waals surface area contributed by atoms with Gasteiger partial charge in [0, 0.05) is 11.8 Å². The Hall–Kier alpha value is -1.49. The van der Waals surface area contributed by atoms with Gasteiger partial charge in [-0.2, -0.15) is 11.8 Å². The highest BCUT2D eigenvalue weighted by molar-refractivity contribution is 8.00. The van der Waals surface area contributed by atoms with Crippen LogP contribution in [-0.2, 0) is 6.54 Å². The van der Waals surface area contributed by atoms with Gasteiger partial charge in [0.25, 0.3) is 0 Å². The first-order chi connectivity index (χ1) is 9.15. The van der Waals surface area contributed by atoms with Gasteiger partial charge in [0.2, 0.25) is 0 Å². The second kappa shape index (κ2) is 4.89. The van der Waals surface area contributed by atoms with Gasteiger partial charge < -0.3 is 9.67 Å². The summed E-state index contributed by atoms with van der Waals surface area (Å²) in [5.74, 6) is 1.31. The van der Waals surface area contributed by atoms with Crippen molar-refractivity contribution in [2.24, 2.45) is 0 Å². The van der Waals surface area contributed by atoms with Crippen molar-refractivity contribution in [1.82, 2.24) is 9.55 Å². The molecule has 1 aromatic carbocycles. The lowest BCUT2D eigenvalue weighted by Crippen LogP contribution is -2.11. The molecule has 1 fully saturated rings. The Morgan fingerprint density at radius 3 is 3.11 bits per heavy atom. The van der Waals surface area contributed by atoms with Crippen LogP contribution in [0.4, 0.5) is 0 Å². The molecule has 100 valence electrons. The largest absolute Gasteiger partial charge is 0.478 e. The van der Waals surface area contributed by atoms with Gasteiger partial charge in [-0.05, 0) is 43.7 Å². The van der Waals surface area contributed by atoms with Crippen LogP contribution < -0.4 is 0 Å². The van der Waals surface area contributed by atoms with Crippen LogP contribution in [-0.4, -0.2) is 31.6 Å². The van der Waals surface area contributed by atoms with Crippen molar-refractivity contribution < 1.29 is 9.90 Å². The van der Waals surface area contributed by atoms with E-state index in [9.17, 15) is 4.79 Å². The van der Waals surface area contributed by atoms with Crippen LogP contribution in [0.2, 0.25) is 0 Å². The molecule has 1 saturated heterocycles. The van der Waals surface area contributed by atoms with Crippen LogP contribution in [0, 0.1) is 6.92 Å². The van der Waals surface area contributed by atoms with Gasteiger partial charge in [0.05, 0.1) is 16.6 Å². The Labute approximate surface area is 115 Å². The van der Waals surface area contributed by atoms with Crippen LogP contribution in [0.3, 0.4) is 0 Å². The molecule has 1 aromatic heterocycles. The molecule has 1 aliphatic heterocycles. The second-order valence-electron chi connectivity index (χ2n) is 4.91. The van der Waals surface area contributed by atoms with E-state index in [-0.39, 0.29) is 0 Å². The molecule has 0 bridgehead atoms. The number of imidazole rings is 1. The van der Waals surface area contributed by atoms with Gasteiger partial charge in [-0.1, -0.05) is 0 Å². The zero-order valence-electron chi connectivity index (χ0n) is 10.8. The summed E-state index contributed by atoms with van der Waals surface area (Å²) < 4.78 is 2.21. The Morgan fingerprint density at radius 1 is 1.58 bits per heavy atom. The first-order valence-corrected chi connectivity index (χ1v) is 7.52. The topological polar surface area (TPSA) is 55.1 Å². The van der Waals surface area contributed by atoms with E-state index in [0.717, 1.165) is 23.4 Å². The maximum absolute atomic E-state index is 11.0. The summed E-state index contributed by atoms with van der Waals surface area (Å²) in [5, 5.41) is 9.67. The Balaban J connectivity index is 1.99. The van der Waals surface area contributed by atoms with Gasteiger partial charge in [0.1, 0.15) is 5.82 Å². The summed E-state index contributed by atoms with van der Waals surface area (Å²) in [6.45, 7) is 2.96. The van der Waals surface area contributed by atoms with Crippen molar-refractivity contribution in [3.8, 4) is 0 Å². The van der Waals surface area contributed by atoms with E-state index in [1.165, 1.54) is 18.6 Å². The van der Waals surface area contributed by atoms with Crippen LogP contribution in [0.25, 0.3) is 11.0 Å². The lowest BCUT2D eigenvalue weighted by atomic mass is 10.2. The van der Waals surface area contributed by atoms with E-state index >= 15 is 0 Å². The number of aromatic carboxylic acids is 1. The summed E-state index contributed by atoms with van der Waals surface area (Å²) >= 11 is 2.02. The van der Waals surface area contributed by atoms with Gasteiger partial charge in [-0.3, -0.25) is 0 Å². The summed E-state index contributed by atoms with van der Waals surface area (Å²) in [6, 6.07) is 5.19. The number of nitrogens with zero attached hydrogens (tertiary/aromatic N) is 2. The number of carboxylic acids is 1. The molecular formula is C14H16N2O2S. The molecule has 0 aliphatic carbocycles. The van der Waals surface area contributed by atoms with Crippen LogP contribution in [0.1, 0.15) is 29.0 Å². The normalized spacial score (nSPS) is 19.1. The van der Waals surface area contributed by atoms with Gasteiger partial charge >= 0.3 is 5.97 Å². The fourth-order valence-corrected chi connectivity index (χ4v) is 3.86. The maximum atomic E-state index is 11.0. The number of rotatable bonds is 3. The van der Waals surface area contributed by atoms with Gasteiger partial charge in [0.15, 0.2) is 0 Å². The predicted octanol–water partition coefficient (Wildman–Crippen LogP) is 2.94. The van der Waals surface area contributed by atoms with E-state index in [0.29, 0.717) is 10.8 Å². The average Bonchev–Trinajstić information content (AvgIpc) is 2.98. The Bertz CT molecular complexity index is 630. The lowest BCUT2D eigenvalue weighted by Gasteiger charge is -2.12. The third-order valence-electron chi connectivity index (χ3n) is 3.60. The van der Waals surface area contributed by atoms with Crippen molar-refractivity contribution in [3.05, 3.63) is 29.6 Å². The Morgan fingerprint density at radius 2 is 2.42 bits per heavy atom. The Kier molecular flexibility index (Phi) is 3.22. The number of hydrogen-bond donors (Lipinski definition) is 1. The molecule has 2 aromatic rings. The van der Waals surface area contributed by atoms with E-state index < -0.39 is 5.97 Å². The molecule has 3 rings (SSSR count). The molecule has 0 spiro atoms. The molecule has 1 aliphatic rings. The molecule has 4 nitrogen and oxygen atoms in total. The second-order valence-corrected chi connectivity index (χ2v) is 6.32. The summed E-state index contributed by atoms with van der Waals surface area (Å²) in [4.78, 5) is 15.5. The summed E-state index contributed by atoms with van der Waals surface area (Å²) in [7, 11) is 0. The SMILES string of the molecule is Cc1nc2cc(C(=O)O)ccc2n1CC1CCCS1. The van der Waals surface area contributed by atoms with Crippen LogP contribution in [0.5, 0.6) is 0 Å². The molecular weight excluding hydrogens is 260 g/mol. The highest BCUT2D eigenvalue weighted by Crippen LogP contribution is 2.29. The van der Waals surface area contributed by atoms with Crippen LogP contribution in [0.15, 0.2) is 18.2 Å². The minimum absolute atomic E-state index is 0.299. The maximum Gasteiger partial charge on any atom is 0.335 e. The number of hydrogen-bond acceptors (Lipinski definition) is 3. The summed E-state index contributed by atoms with van der Waals surface area (Å²) in [6.07, 6.45) is 2.56.